The summed E-state index contributed by atoms with van der Waals surface area (Å²) in [6, 6.07) is -0.407. The molecule has 2 amide bonds. The molecule has 7 heteroatoms. The van der Waals surface area contributed by atoms with E-state index in [0.29, 0.717) is 19.6 Å². The standard InChI is InChI=1S/C11H19N3O3S/c12-11(16)9-6-17-3-2-14(9)10(15)5-8-7-18-4-1-13-8/h8-9,13H,1-7H2,(H2,12,16). The van der Waals surface area contributed by atoms with Gasteiger partial charge in [0.2, 0.25) is 11.8 Å². The van der Waals surface area contributed by atoms with Crippen LogP contribution in [0.3, 0.4) is 0 Å². The largest absolute Gasteiger partial charge is 0.377 e. The fourth-order valence-electron chi connectivity index (χ4n) is 2.22. The van der Waals surface area contributed by atoms with Crippen molar-refractivity contribution in [2.75, 3.05) is 37.8 Å². The summed E-state index contributed by atoms with van der Waals surface area (Å²) in [7, 11) is 0. The maximum absolute atomic E-state index is 12.2. The summed E-state index contributed by atoms with van der Waals surface area (Å²) in [6.45, 7) is 2.08. The maximum atomic E-state index is 12.2. The van der Waals surface area contributed by atoms with Gasteiger partial charge in [-0.05, 0) is 0 Å². The zero-order valence-electron chi connectivity index (χ0n) is 10.3. The van der Waals surface area contributed by atoms with Gasteiger partial charge in [0.25, 0.3) is 0 Å². The molecule has 0 radical (unpaired) electrons. The Morgan fingerprint density at radius 1 is 1.50 bits per heavy atom. The van der Waals surface area contributed by atoms with E-state index < -0.39 is 11.9 Å². The molecule has 2 saturated heterocycles. The summed E-state index contributed by atoms with van der Waals surface area (Å²) in [5.74, 6) is 1.53. The molecule has 2 heterocycles. The molecule has 102 valence electrons. The van der Waals surface area contributed by atoms with Crippen molar-refractivity contribution >= 4 is 23.6 Å². The molecule has 0 aromatic carbocycles. The predicted molar refractivity (Wildman–Crippen MR) is 69.2 cm³/mol. The molecule has 0 aromatic heterocycles. The van der Waals surface area contributed by atoms with Gasteiger partial charge in [0.1, 0.15) is 6.04 Å². The molecule has 18 heavy (non-hydrogen) atoms. The predicted octanol–water partition coefficient (Wildman–Crippen LogP) is -1.21. The van der Waals surface area contributed by atoms with Crippen LogP contribution in [0, 0.1) is 0 Å². The highest BCUT2D eigenvalue weighted by Crippen LogP contribution is 2.14. The van der Waals surface area contributed by atoms with E-state index in [9.17, 15) is 9.59 Å². The molecule has 2 aliphatic rings. The van der Waals surface area contributed by atoms with Crippen molar-refractivity contribution in [1.82, 2.24) is 10.2 Å². The second-order valence-corrected chi connectivity index (χ2v) is 5.66. The molecule has 0 saturated carbocycles. The van der Waals surface area contributed by atoms with Crippen molar-refractivity contribution in [1.29, 1.82) is 0 Å². The number of thioether (sulfide) groups is 1. The van der Waals surface area contributed by atoms with Crippen molar-refractivity contribution < 1.29 is 14.3 Å². The van der Waals surface area contributed by atoms with Gasteiger partial charge in [-0.15, -0.1) is 0 Å². The van der Waals surface area contributed by atoms with Crippen LogP contribution in [0.1, 0.15) is 6.42 Å². The summed E-state index contributed by atoms with van der Waals surface area (Å²) in [6.07, 6.45) is 0.427. The second-order valence-electron chi connectivity index (χ2n) is 4.51. The van der Waals surface area contributed by atoms with E-state index in [1.807, 2.05) is 11.8 Å². The molecular formula is C11H19N3O3S. The van der Waals surface area contributed by atoms with Crippen molar-refractivity contribution in [2.24, 2.45) is 5.73 Å². The summed E-state index contributed by atoms with van der Waals surface area (Å²) in [5.41, 5.74) is 5.30. The second kappa shape index (κ2) is 6.40. The first-order valence-corrected chi connectivity index (χ1v) is 7.31. The molecule has 0 aliphatic carbocycles. The van der Waals surface area contributed by atoms with Crippen LogP contribution in [0.5, 0.6) is 0 Å². The van der Waals surface area contributed by atoms with Crippen LogP contribution in [0.2, 0.25) is 0 Å². The molecule has 2 aliphatic heterocycles. The lowest BCUT2D eigenvalue weighted by Crippen LogP contribution is -2.56. The Hall–Kier alpha value is -0.790. The van der Waals surface area contributed by atoms with E-state index in [1.165, 1.54) is 0 Å². The molecule has 3 N–H and O–H groups in total. The average molecular weight is 273 g/mol. The highest BCUT2D eigenvalue weighted by molar-refractivity contribution is 7.99. The lowest BCUT2D eigenvalue weighted by atomic mass is 10.1. The Bertz CT molecular complexity index is 321. The van der Waals surface area contributed by atoms with E-state index >= 15 is 0 Å². The van der Waals surface area contributed by atoms with Gasteiger partial charge >= 0.3 is 0 Å². The Kier molecular flexibility index (Phi) is 4.85. The van der Waals surface area contributed by atoms with Crippen LogP contribution in [-0.4, -0.2) is 66.6 Å². The monoisotopic (exact) mass is 273 g/mol. The smallest absolute Gasteiger partial charge is 0.242 e. The zero-order valence-corrected chi connectivity index (χ0v) is 11.1. The lowest BCUT2D eigenvalue weighted by Gasteiger charge is -2.35. The molecule has 6 nitrogen and oxygen atoms in total. The lowest BCUT2D eigenvalue weighted by molar-refractivity contribution is -0.147. The summed E-state index contributed by atoms with van der Waals surface area (Å²) < 4.78 is 5.20. The number of carbonyl (C=O) groups excluding carboxylic acids is 2. The van der Waals surface area contributed by atoms with E-state index in [1.54, 1.807) is 4.90 Å². The normalized spacial score (nSPS) is 29.0. The van der Waals surface area contributed by atoms with Crippen LogP contribution in [0.25, 0.3) is 0 Å². The Balaban J connectivity index is 1.91. The van der Waals surface area contributed by atoms with Crippen LogP contribution < -0.4 is 11.1 Å². The van der Waals surface area contributed by atoms with E-state index in [4.69, 9.17) is 10.5 Å². The summed E-state index contributed by atoms with van der Waals surface area (Å²) >= 11 is 1.85. The Labute approximate surface area is 111 Å². The van der Waals surface area contributed by atoms with E-state index in [0.717, 1.165) is 18.1 Å². The highest BCUT2D eigenvalue weighted by atomic mass is 32.2. The maximum Gasteiger partial charge on any atom is 0.242 e. The topological polar surface area (TPSA) is 84.7 Å². The number of nitrogens with zero attached hydrogens (tertiary/aromatic N) is 1. The molecule has 2 fully saturated rings. The van der Waals surface area contributed by atoms with E-state index in [2.05, 4.69) is 5.32 Å². The van der Waals surface area contributed by atoms with Gasteiger partial charge in [0.15, 0.2) is 0 Å². The number of hydrogen-bond acceptors (Lipinski definition) is 5. The van der Waals surface area contributed by atoms with Crippen LogP contribution >= 0.6 is 11.8 Å². The number of carbonyl (C=O) groups is 2. The quantitative estimate of drug-likeness (QED) is 0.674. The average Bonchev–Trinajstić information content (AvgIpc) is 2.40. The number of hydrogen-bond donors (Lipinski definition) is 2. The molecule has 2 unspecified atom stereocenters. The van der Waals surface area contributed by atoms with Gasteiger partial charge in [0.05, 0.1) is 13.2 Å². The fourth-order valence-corrected chi connectivity index (χ4v) is 3.17. The van der Waals surface area contributed by atoms with Crippen LogP contribution in [0.4, 0.5) is 0 Å². The number of nitrogens with two attached hydrogens (primary N) is 1. The molecule has 0 aromatic rings. The number of amides is 2. The van der Waals surface area contributed by atoms with E-state index in [-0.39, 0.29) is 18.6 Å². The summed E-state index contributed by atoms with van der Waals surface area (Å²) in [5, 5.41) is 3.32. The molecular weight excluding hydrogens is 254 g/mol. The van der Waals surface area contributed by atoms with Gasteiger partial charge < -0.3 is 20.7 Å². The highest BCUT2D eigenvalue weighted by Gasteiger charge is 2.32. The van der Waals surface area contributed by atoms with Gasteiger partial charge in [-0.3, -0.25) is 9.59 Å². The first kappa shape index (κ1) is 13.6. The molecule has 2 atom stereocenters. The number of nitrogens with one attached hydrogen (secondary N) is 1. The molecule has 2 rings (SSSR count). The first-order valence-electron chi connectivity index (χ1n) is 6.16. The molecule has 0 spiro atoms. The zero-order chi connectivity index (χ0) is 13.0. The fraction of sp³-hybridized carbons (Fsp3) is 0.818. The minimum absolute atomic E-state index is 0.0119. The van der Waals surface area contributed by atoms with Gasteiger partial charge in [-0.25, -0.2) is 0 Å². The number of rotatable bonds is 3. The van der Waals surface area contributed by atoms with Crippen molar-refractivity contribution in [3.63, 3.8) is 0 Å². The molecule has 0 bridgehead atoms. The SMILES string of the molecule is NC(=O)C1COCCN1C(=O)CC1CSCCN1. The number of primary amides is 1. The van der Waals surface area contributed by atoms with Crippen molar-refractivity contribution in [3.05, 3.63) is 0 Å². The minimum Gasteiger partial charge on any atom is -0.377 e. The third-order valence-corrected chi connectivity index (χ3v) is 4.33. The van der Waals surface area contributed by atoms with Gasteiger partial charge in [-0.1, -0.05) is 0 Å². The Morgan fingerprint density at radius 3 is 3.00 bits per heavy atom. The number of morpholine rings is 1. The third kappa shape index (κ3) is 3.37. The van der Waals surface area contributed by atoms with Crippen LogP contribution in [-0.2, 0) is 14.3 Å². The van der Waals surface area contributed by atoms with Crippen LogP contribution in [0.15, 0.2) is 0 Å². The van der Waals surface area contributed by atoms with Gasteiger partial charge in [-0.2, -0.15) is 11.8 Å². The van der Waals surface area contributed by atoms with Crippen molar-refractivity contribution in [2.45, 2.75) is 18.5 Å². The number of ether oxygens (including phenoxy) is 1. The minimum atomic E-state index is -0.609. The Morgan fingerprint density at radius 2 is 2.33 bits per heavy atom. The van der Waals surface area contributed by atoms with Gasteiger partial charge in [0, 0.05) is 37.1 Å². The van der Waals surface area contributed by atoms with Crippen molar-refractivity contribution in [3.8, 4) is 0 Å². The summed E-state index contributed by atoms with van der Waals surface area (Å²) in [4.78, 5) is 25.0. The third-order valence-electron chi connectivity index (χ3n) is 3.20. The first-order chi connectivity index (χ1) is 8.68.